The fraction of sp³-hybridized carbons (Fsp3) is 0.806. The molecule has 4 unspecified atom stereocenters. The minimum Gasteiger partial charge on any atom is -0.447 e. The summed E-state index contributed by atoms with van der Waals surface area (Å²) >= 11 is 0. The van der Waals surface area contributed by atoms with Crippen LogP contribution >= 0.6 is 0 Å². The molecular formula is C31H52N4O9. The highest BCUT2D eigenvalue weighted by atomic mass is 16.6. The predicted molar refractivity (Wildman–Crippen MR) is 162 cm³/mol. The van der Waals surface area contributed by atoms with Crippen molar-refractivity contribution in [2.75, 3.05) is 47.0 Å². The highest BCUT2D eigenvalue weighted by molar-refractivity contribution is 5.92. The lowest BCUT2D eigenvalue weighted by Gasteiger charge is -2.42. The third-order valence-corrected chi connectivity index (χ3v) is 8.79. The van der Waals surface area contributed by atoms with E-state index in [1.807, 2.05) is 13.8 Å². The molecule has 0 aromatic rings. The second-order valence-electron chi connectivity index (χ2n) is 12.9. The zero-order valence-electron chi connectivity index (χ0n) is 27.5. The Morgan fingerprint density at radius 2 is 1.84 bits per heavy atom. The molecule has 44 heavy (non-hydrogen) atoms. The van der Waals surface area contributed by atoms with Crippen LogP contribution in [0.5, 0.6) is 0 Å². The molecule has 1 spiro atoms. The average Bonchev–Trinajstić information content (AvgIpc) is 3.86. The van der Waals surface area contributed by atoms with Crippen molar-refractivity contribution in [1.82, 2.24) is 20.9 Å². The summed E-state index contributed by atoms with van der Waals surface area (Å²) in [6, 6.07) is -0.551. The van der Waals surface area contributed by atoms with E-state index in [2.05, 4.69) is 42.8 Å². The van der Waals surface area contributed by atoms with Crippen molar-refractivity contribution in [2.24, 2.45) is 11.8 Å². The summed E-state index contributed by atoms with van der Waals surface area (Å²) in [5.41, 5.74) is 0.460. The third kappa shape index (κ3) is 9.63. The molecule has 2 aliphatic heterocycles. The van der Waals surface area contributed by atoms with Crippen molar-refractivity contribution in [3.63, 3.8) is 0 Å². The molecule has 3 N–H and O–H groups in total. The van der Waals surface area contributed by atoms with Crippen molar-refractivity contribution >= 4 is 24.0 Å². The minimum absolute atomic E-state index is 0.0445. The fourth-order valence-electron chi connectivity index (χ4n) is 5.98. The molecule has 3 aliphatic rings. The van der Waals surface area contributed by atoms with E-state index >= 15 is 0 Å². The van der Waals surface area contributed by atoms with Crippen LogP contribution in [0.1, 0.15) is 67.2 Å². The van der Waals surface area contributed by atoms with Crippen LogP contribution in [-0.4, -0.2) is 111 Å². The molecule has 7 atom stereocenters. The quantitative estimate of drug-likeness (QED) is 0.182. The van der Waals surface area contributed by atoms with Crippen LogP contribution < -0.4 is 16.0 Å². The van der Waals surface area contributed by atoms with Crippen molar-refractivity contribution in [1.29, 1.82) is 0 Å². The zero-order chi connectivity index (χ0) is 32.7. The lowest BCUT2D eigenvalue weighted by molar-refractivity contribution is -0.121. The number of methoxy groups -OCH3 is 1. The molecule has 2 heterocycles. The first-order valence-electron chi connectivity index (χ1n) is 15.6. The van der Waals surface area contributed by atoms with Gasteiger partial charge in [-0.15, -0.1) is 0 Å². The number of amides is 4. The molecule has 13 heteroatoms. The first kappa shape index (κ1) is 35.7. The van der Waals surface area contributed by atoms with Crippen LogP contribution in [0.15, 0.2) is 11.6 Å². The highest BCUT2D eigenvalue weighted by Gasteiger charge is 2.72. The second-order valence-corrected chi connectivity index (χ2v) is 12.9. The number of carbonyl (C=O) groups is 4. The van der Waals surface area contributed by atoms with E-state index in [9.17, 15) is 19.2 Å². The van der Waals surface area contributed by atoms with Gasteiger partial charge in [-0.3, -0.25) is 19.8 Å². The van der Waals surface area contributed by atoms with Gasteiger partial charge in [-0.25, -0.2) is 9.59 Å². The Morgan fingerprint density at radius 1 is 1.14 bits per heavy atom. The van der Waals surface area contributed by atoms with Crippen LogP contribution in [-0.2, 0) is 33.3 Å². The number of carbonyl (C=O) groups excluding carboxylic acids is 4. The molecule has 0 radical (unpaired) electrons. The average molecular weight is 625 g/mol. The number of likely N-dealkylation sites (N-methyl/N-ethyl adjacent to an activating group) is 1. The number of alkyl carbamates (subject to hydrolysis) is 2. The van der Waals surface area contributed by atoms with E-state index in [1.165, 1.54) is 5.57 Å². The van der Waals surface area contributed by atoms with Crippen LogP contribution in [0.3, 0.4) is 0 Å². The first-order chi connectivity index (χ1) is 20.7. The van der Waals surface area contributed by atoms with Crippen LogP contribution in [0.4, 0.5) is 9.59 Å². The summed E-state index contributed by atoms with van der Waals surface area (Å²) in [4.78, 5) is 50.6. The second kappa shape index (κ2) is 15.5. The van der Waals surface area contributed by atoms with Gasteiger partial charge < -0.3 is 34.3 Å². The highest BCUT2D eigenvalue weighted by Crippen LogP contribution is 2.59. The topological polar surface area (TPSA) is 160 Å². The Kier molecular flexibility index (Phi) is 12.6. The number of epoxide rings is 2. The van der Waals surface area contributed by atoms with Gasteiger partial charge in [0.2, 0.25) is 11.8 Å². The van der Waals surface area contributed by atoms with Gasteiger partial charge in [0.1, 0.15) is 30.0 Å². The van der Waals surface area contributed by atoms with Gasteiger partial charge >= 0.3 is 12.2 Å². The molecule has 4 amide bonds. The number of nitrogens with zero attached hydrogens (tertiary/aromatic N) is 1. The minimum atomic E-state index is -0.909. The Bertz CT molecular complexity index is 1060. The molecule has 0 aromatic heterocycles. The van der Waals surface area contributed by atoms with Crippen molar-refractivity contribution in [2.45, 2.75) is 103 Å². The maximum Gasteiger partial charge on any atom is 0.413 e. The van der Waals surface area contributed by atoms with Gasteiger partial charge in [0.15, 0.2) is 0 Å². The van der Waals surface area contributed by atoms with E-state index in [-0.39, 0.29) is 42.6 Å². The van der Waals surface area contributed by atoms with Gasteiger partial charge in [-0.2, -0.15) is 0 Å². The van der Waals surface area contributed by atoms with Crippen molar-refractivity contribution in [3.8, 4) is 0 Å². The van der Waals surface area contributed by atoms with Crippen molar-refractivity contribution < 1.29 is 42.9 Å². The van der Waals surface area contributed by atoms with E-state index in [1.54, 1.807) is 26.0 Å². The SMILES string of the molecule is CCC(=O)NCCN(C)CC(=O)NC(=O)OC[C@H](NC(=O)OC1CC[C@]2(CO2)C([C@]2(C)OC2CC=C(C)C)C1OC)C(C)C. The number of allylic oxidation sites excluding steroid dienone is 1. The normalized spacial score (nSPS) is 29.5. The number of hydrogen-bond donors (Lipinski definition) is 3. The summed E-state index contributed by atoms with van der Waals surface area (Å²) in [6.07, 6.45) is 2.26. The van der Waals surface area contributed by atoms with Gasteiger partial charge in [0.25, 0.3) is 0 Å². The van der Waals surface area contributed by atoms with Gasteiger partial charge in [0, 0.05) is 26.6 Å². The Balaban J connectivity index is 1.48. The van der Waals surface area contributed by atoms with Gasteiger partial charge in [0.05, 0.1) is 31.2 Å². The third-order valence-electron chi connectivity index (χ3n) is 8.79. The Labute approximate surface area is 261 Å². The van der Waals surface area contributed by atoms with Crippen molar-refractivity contribution in [3.05, 3.63) is 11.6 Å². The van der Waals surface area contributed by atoms with Crippen LogP contribution in [0.25, 0.3) is 0 Å². The number of hydrogen-bond acceptors (Lipinski definition) is 10. The number of imide groups is 1. The standard InChI is InChI=1S/C31H52N4O9/c1-9-24(36)32-14-15-35(7)16-25(37)34-28(38)41-17-21(20(4)5)33-29(39)43-22-12-13-31(18-42-31)27(26(22)40-8)30(6)23(44-30)11-10-19(2)3/h10,20-23,26-27H,9,11-18H2,1-8H3,(H,32,36)(H,33,39)(H,34,37,38)/t21-,22?,23?,26?,27?,30+,31-/m0/s1. The van der Waals surface area contributed by atoms with Crippen LogP contribution in [0.2, 0.25) is 0 Å². The summed E-state index contributed by atoms with van der Waals surface area (Å²) in [7, 11) is 3.32. The van der Waals surface area contributed by atoms with E-state index in [4.69, 9.17) is 23.7 Å². The number of nitrogens with one attached hydrogen (secondary N) is 3. The zero-order valence-corrected chi connectivity index (χ0v) is 27.5. The van der Waals surface area contributed by atoms with E-state index < -0.39 is 41.9 Å². The molecule has 13 nitrogen and oxygen atoms in total. The molecule has 0 bridgehead atoms. The molecule has 3 rings (SSSR count). The maximum atomic E-state index is 13.1. The molecule has 1 aliphatic carbocycles. The summed E-state index contributed by atoms with van der Waals surface area (Å²) in [6.45, 7) is 13.0. The van der Waals surface area contributed by atoms with E-state index in [0.29, 0.717) is 32.5 Å². The lowest BCUT2D eigenvalue weighted by Crippen LogP contribution is -2.56. The summed E-state index contributed by atoms with van der Waals surface area (Å²) < 4.78 is 29.3. The molecule has 2 saturated heterocycles. The van der Waals surface area contributed by atoms with Gasteiger partial charge in [-0.05, 0) is 53.0 Å². The molecule has 0 aromatic carbocycles. The molecule has 1 saturated carbocycles. The van der Waals surface area contributed by atoms with Gasteiger partial charge in [-0.1, -0.05) is 32.4 Å². The van der Waals surface area contributed by atoms with Crippen LogP contribution in [0, 0.1) is 11.8 Å². The van der Waals surface area contributed by atoms with E-state index in [0.717, 1.165) is 12.8 Å². The largest absolute Gasteiger partial charge is 0.447 e. The number of ether oxygens (including phenoxy) is 5. The Hall–Kier alpha value is -2.74. The summed E-state index contributed by atoms with van der Waals surface area (Å²) in [5.74, 6) is -0.802. The number of rotatable bonds is 15. The molecule has 250 valence electrons. The Morgan fingerprint density at radius 3 is 2.43 bits per heavy atom. The monoisotopic (exact) mass is 624 g/mol. The predicted octanol–water partition coefficient (Wildman–Crippen LogP) is 2.52. The molecular weight excluding hydrogens is 572 g/mol. The smallest absolute Gasteiger partial charge is 0.413 e. The molecule has 3 fully saturated rings. The fourth-order valence-corrected chi connectivity index (χ4v) is 5.98. The first-order valence-corrected chi connectivity index (χ1v) is 15.6. The lowest BCUT2D eigenvalue weighted by atomic mass is 9.68. The summed E-state index contributed by atoms with van der Waals surface area (Å²) in [5, 5.41) is 7.73. The maximum absolute atomic E-state index is 13.1.